The van der Waals surface area contributed by atoms with E-state index in [0.29, 0.717) is 5.56 Å². The van der Waals surface area contributed by atoms with Gasteiger partial charge in [-0.3, -0.25) is 4.79 Å². The van der Waals surface area contributed by atoms with Crippen LogP contribution >= 0.6 is 0 Å². The molecule has 142 valence electrons. The molecule has 0 fully saturated rings. The molecular weight excluding hydrogens is 349 g/mol. The average molecular weight is 370 g/mol. The molecule has 0 saturated carbocycles. The number of aromatic nitrogens is 2. The quantitative estimate of drug-likeness (QED) is 0.817. The van der Waals surface area contributed by atoms with E-state index in [1.165, 1.54) is 19.4 Å². The van der Waals surface area contributed by atoms with Gasteiger partial charge in [0.25, 0.3) is 5.91 Å². The fourth-order valence-corrected chi connectivity index (χ4v) is 2.51. The maximum atomic E-state index is 13.4. The molecule has 1 unspecified atom stereocenters. The molecular formula is C17H21F3N4O2. The lowest BCUT2D eigenvalue weighted by Crippen LogP contribution is -2.46. The van der Waals surface area contributed by atoms with Gasteiger partial charge >= 0.3 is 6.18 Å². The van der Waals surface area contributed by atoms with Crippen LogP contribution in [0.15, 0.2) is 36.7 Å². The van der Waals surface area contributed by atoms with Crippen molar-refractivity contribution in [1.82, 2.24) is 14.9 Å². The van der Waals surface area contributed by atoms with Crippen LogP contribution in [0.4, 0.5) is 18.9 Å². The Bertz CT molecular complexity index is 756. The molecule has 1 atom stereocenters. The Balaban J connectivity index is 2.06. The second kappa shape index (κ2) is 7.36. The fourth-order valence-electron chi connectivity index (χ4n) is 2.51. The van der Waals surface area contributed by atoms with Gasteiger partial charge in [-0.25, -0.2) is 4.98 Å². The smallest absolute Gasteiger partial charge is 0.378 e. The van der Waals surface area contributed by atoms with Crippen LogP contribution in [0.3, 0.4) is 0 Å². The van der Waals surface area contributed by atoms with E-state index in [1.807, 2.05) is 19.0 Å². The molecule has 1 aromatic heterocycles. The Morgan fingerprint density at radius 2 is 1.88 bits per heavy atom. The second-order valence-electron chi connectivity index (χ2n) is 6.17. The highest BCUT2D eigenvalue weighted by Crippen LogP contribution is 2.40. The molecule has 6 nitrogen and oxygen atoms in total. The highest BCUT2D eigenvalue weighted by molar-refractivity contribution is 5.94. The van der Waals surface area contributed by atoms with E-state index in [0.717, 1.165) is 10.3 Å². The Hall–Kier alpha value is -2.55. The van der Waals surface area contributed by atoms with Crippen molar-refractivity contribution in [2.24, 2.45) is 7.05 Å². The number of carbonyl (C=O) groups excluding carboxylic acids is 1. The van der Waals surface area contributed by atoms with Crippen LogP contribution in [0.2, 0.25) is 0 Å². The summed E-state index contributed by atoms with van der Waals surface area (Å²) in [5.74, 6) is -1.03. The molecule has 0 radical (unpaired) electrons. The first-order valence-corrected chi connectivity index (χ1v) is 7.89. The minimum Gasteiger partial charge on any atom is -0.378 e. The largest absolute Gasteiger partial charge is 0.424 e. The Morgan fingerprint density at radius 1 is 1.27 bits per heavy atom. The Kier molecular flexibility index (Phi) is 5.60. The van der Waals surface area contributed by atoms with Crippen LogP contribution in [0.5, 0.6) is 0 Å². The molecule has 1 aromatic carbocycles. The van der Waals surface area contributed by atoms with E-state index in [2.05, 4.69) is 10.3 Å². The van der Waals surface area contributed by atoms with E-state index < -0.39 is 29.9 Å². The third-order valence-corrected chi connectivity index (χ3v) is 4.08. The molecule has 2 rings (SSSR count). The number of benzene rings is 1. The zero-order chi connectivity index (χ0) is 19.5. The van der Waals surface area contributed by atoms with Crippen LogP contribution < -0.4 is 10.2 Å². The fraction of sp³-hybridized carbons (Fsp3) is 0.412. The van der Waals surface area contributed by atoms with Crippen LogP contribution in [0, 0.1) is 0 Å². The molecule has 26 heavy (non-hydrogen) atoms. The predicted molar refractivity (Wildman–Crippen MR) is 90.9 cm³/mol. The molecule has 0 aliphatic rings. The number of imidazole rings is 1. The topological polar surface area (TPSA) is 70.4 Å². The number of nitrogens with zero attached hydrogens (tertiary/aromatic N) is 3. The van der Waals surface area contributed by atoms with Gasteiger partial charge in [0.2, 0.25) is 5.60 Å². The van der Waals surface area contributed by atoms with Gasteiger partial charge in [-0.15, -0.1) is 0 Å². The first-order chi connectivity index (χ1) is 12.1. The van der Waals surface area contributed by atoms with E-state index >= 15 is 0 Å². The number of aryl methyl sites for hydroxylation is 1. The number of halogens is 3. The van der Waals surface area contributed by atoms with Crippen molar-refractivity contribution in [3.8, 4) is 0 Å². The van der Waals surface area contributed by atoms with Crippen molar-refractivity contribution in [3.05, 3.63) is 48.0 Å². The predicted octanol–water partition coefficient (Wildman–Crippen LogP) is 2.06. The molecule has 0 saturated heterocycles. The molecule has 9 heteroatoms. The zero-order valence-corrected chi connectivity index (χ0v) is 14.7. The summed E-state index contributed by atoms with van der Waals surface area (Å²) >= 11 is 0. The van der Waals surface area contributed by atoms with Crippen molar-refractivity contribution in [2.45, 2.75) is 18.2 Å². The van der Waals surface area contributed by atoms with Crippen molar-refractivity contribution < 1.29 is 23.1 Å². The minimum absolute atomic E-state index is 0.322. The van der Waals surface area contributed by atoms with Gasteiger partial charge in [0.05, 0.1) is 0 Å². The molecule has 0 aliphatic carbocycles. The van der Waals surface area contributed by atoms with Crippen LogP contribution in [-0.4, -0.2) is 47.4 Å². The van der Waals surface area contributed by atoms with E-state index in [4.69, 9.17) is 0 Å². The molecule has 0 bridgehead atoms. The monoisotopic (exact) mass is 370 g/mol. The summed E-state index contributed by atoms with van der Waals surface area (Å²) in [5.41, 5.74) is -1.93. The van der Waals surface area contributed by atoms with Crippen molar-refractivity contribution >= 4 is 11.6 Å². The van der Waals surface area contributed by atoms with Gasteiger partial charge in [0.15, 0.2) is 0 Å². The average Bonchev–Trinajstić information content (AvgIpc) is 3.00. The normalized spacial score (nSPS) is 14.0. The number of aliphatic hydroxyl groups is 1. The van der Waals surface area contributed by atoms with Gasteiger partial charge in [0.1, 0.15) is 5.82 Å². The number of rotatable bonds is 6. The van der Waals surface area contributed by atoms with Crippen LogP contribution in [-0.2, 0) is 12.6 Å². The molecule has 2 N–H and O–H groups in total. The lowest BCUT2D eigenvalue weighted by atomic mass is 9.97. The van der Waals surface area contributed by atoms with Gasteiger partial charge in [-0.05, 0) is 24.3 Å². The van der Waals surface area contributed by atoms with Crippen molar-refractivity contribution in [1.29, 1.82) is 0 Å². The number of alkyl halides is 3. The standard InChI is InChI=1S/C17H21F3N4O2/c1-23(2)13-6-4-12(5-7-13)14(25)21-9-8-16(26,17(18,19)20)15-22-10-11-24(15)3/h4-7,10-11,26H,8-9H2,1-3H3,(H,21,25). The lowest BCUT2D eigenvalue weighted by Gasteiger charge is -2.30. The first kappa shape index (κ1) is 19.8. The summed E-state index contributed by atoms with van der Waals surface area (Å²) in [4.78, 5) is 17.6. The lowest BCUT2D eigenvalue weighted by molar-refractivity contribution is -0.272. The van der Waals surface area contributed by atoms with Gasteiger partial charge in [0, 0.05) is 57.8 Å². The molecule has 0 aliphatic heterocycles. The van der Waals surface area contributed by atoms with E-state index in [9.17, 15) is 23.1 Å². The van der Waals surface area contributed by atoms with Crippen molar-refractivity contribution in [2.75, 3.05) is 25.5 Å². The maximum Gasteiger partial charge on any atom is 0.424 e. The highest BCUT2D eigenvalue weighted by atomic mass is 19.4. The summed E-state index contributed by atoms with van der Waals surface area (Å²) in [5, 5.41) is 12.6. The molecule has 1 amide bonds. The third kappa shape index (κ3) is 3.98. The summed E-state index contributed by atoms with van der Waals surface area (Å²) in [6, 6.07) is 6.63. The van der Waals surface area contributed by atoms with Gasteiger partial charge in [-0.2, -0.15) is 13.2 Å². The zero-order valence-electron chi connectivity index (χ0n) is 14.7. The third-order valence-electron chi connectivity index (χ3n) is 4.08. The summed E-state index contributed by atoms with van der Waals surface area (Å²) in [6.45, 7) is -0.364. The van der Waals surface area contributed by atoms with Crippen LogP contribution in [0.25, 0.3) is 0 Å². The van der Waals surface area contributed by atoms with E-state index in [1.54, 1.807) is 24.3 Å². The number of anilines is 1. The second-order valence-corrected chi connectivity index (χ2v) is 6.17. The number of amides is 1. The number of hydrogen-bond acceptors (Lipinski definition) is 4. The van der Waals surface area contributed by atoms with Crippen molar-refractivity contribution in [3.63, 3.8) is 0 Å². The summed E-state index contributed by atoms with van der Waals surface area (Å²) in [6.07, 6.45) is -3.18. The summed E-state index contributed by atoms with van der Waals surface area (Å²) < 4.78 is 41.3. The highest BCUT2D eigenvalue weighted by Gasteiger charge is 2.57. The first-order valence-electron chi connectivity index (χ1n) is 7.89. The number of nitrogens with one attached hydrogen (secondary N) is 1. The SMILES string of the molecule is CN(C)c1ccc(C(=O)NCCC(O)(c2nccn2C)C(F)(F)F)cc1. The number of carbonyl (C=O) groups is 1. The Labute approximate surface area is 149 Å². The molecule has 0 spiro atoms. The van der Waals surface area contributed by atoms with Crippen LogP contribution in [0.1, 0.15) is 22.6 Å². The summed E-state index contributed by atoms with van der Waals surface area (Å²) in [7, 11) is 5.07. The van der Waals surface area contributed by atoms with E-state index in [-0.39, 0.29) is 6.54 Å². The minimum atomic E-state index is -4.93. The van der Waals surface area contributed by atoms with Gasteiger partial charge in [-0.1, -0.05) is 0 Å². The molecule has 2 aromatic rings. The number of hydrogen-bond donors (Lipinski definition) is 2. The molecule has 1 heterocycles. The maximum absolute atomic E-state index is 13.4. The van der Waals surface area contributed by atoms with Gasteiger partial charge < -0.3 is 19.9 Å². The Morgan fingerprint density at radius 3 is 2.35 bits per heavy atom.